The van der Waals surface area contributed by atoms with Crippen molar-refractivity contribution in [3.63, 3.8) is 0 Å². The van der Waals surface area contributed by atoms with E-state index in [4.69, 9.17) is 4.74 Å². The zero-order valence-electron chi connectivity index (χ0n) is 14.9. The Labute approximate surface area is 146 Å². The van der Waals surface area contributed by atoms with Gasteiger partial charge in [0, 0.05) is 5.70 Å². The standard InChI is InChI=1S/C18H22N2O5/c1-10-13(16(22)25-18(2,3)4)14(20-17(23)19-10)11-6-8-12(9-7-11)15(21)24-5/h6-9,14H,1-5H3,(H2,19,20,23)/t14-/m1/s1. The number of amides is 2. The summed E-state index contributed by atoms with van der Waals surface area (Å²) in [5.41, 5.74) is 1.12. The molecule has 0 bridgehead atoms. The minimum Gasteiger partial charge on any atom is -0.465 e. The summed E-state index contributed by atoms with van der Waals surface area (Å²) in [6.45, 7) is 6.97. The van der Waals surface area contributed by atoms with Crippen molar-refractivity contribution < 1.29 is 23.9 Å². The van der Waals surface area contributed by atoms with Gasteiger partial charge in [0.25, 0.3) is 0 Å². The van der Waals surface area contributed by atoms with Crippen molar-refractivity contribution in [3.8, 4) is 0 Å². The molecule has 0 unspecified atom stereocenters. The fraction of sp³-hybridized carbons (Fsp3) is 0.389. The van der Waals surface area contributed by atoms with E-state index in [1.165, 1.54) is 7.11 Å². The normalized spacial score (nSPS) is 17.5. The van der Waals surface area contributed by atoms with Crippen molar-refractivity contribution >= 4 is 18.0 Å². The molecule has 1 aliphatic heterocycles. The molecule has 2 amide bonds. The molecule has 0 fully saturated rings. The van der Waals surface area contributed by atoms with Crippen molar-refractivity contribution in [2.75, 3.05) is 7.11 Å². The van der Waals surface area contributed by atoms with Gasteiger partial charge in [0.2, 0.25) is 0 Å². The van der Waals surface area contributed by atoms with Crippen molar-refractivity contribution in [2.45, 2.75) is 39.3 Å². The van der Waals surface area contributed by atoms with E-state index in [9.17, 15) is 14.4 Å². The van der Waals surface area contributed by atoms with E-state index in [-0.39, 0.29) is 0 Å². The van der Waals surface area contributed by atoms with Gasteiger partial charge in [-0.05, 0) is 45.4 Å². The highest BCUT2D eigenvalue weighted by atomic mass is 16.6. The Morgan fingerprint density at radius 2 is 1.68 bits per heavy atom. The molecule has 0 saturated carbocycles. The second-order valence-electron chi connectivity index (χ2n) is 6.69. The van der Waals surface area contributed by atoms with E-state index >= 15 is 0 Å². The molecule has 2 rings (SSSR count). The summed E-state index contributed by atoms with van der Waals surface area (Å²) in [4.78, 5) is 36.0. The quantitative estimate of drug-likeness (QED) is 0.820. The van der Waals surface area contributed by atoms with E-state index in [1.807, 2.05) is 0 Å². The Balaban J connectivity index is 2.39. The zero-order valence-corrected chi connectivity index (χ0v) is 14.9. The fourth-order valence-corrected chi connectivity index (χ4v) is 2.48. The lowest BCUT2D eigenvalue weighted by Gasteiger charge is -2.30. The molecule has 0 saturated heterocycles. The largest absolute Gasteiger partial charge is 0.465 e. The molecule has 134 valence electrons. The number of allylic oxidation sites excluding steroid dienone is 1. The summed E-state index contributed by atoms with van der Waals surface area (Å²) in [6.07, 6.45) is 0. The maximum absolute atomic E-state index is 12.6. The molecule has 1 heterocycles. The Hall–Kier alpha value is -2.83. The minimum absolute atomic E-state index is 0.320. The second-order valence-corrected chi connectivity index (χ2v) is 6.69. The minimum atomic E-state index is -0.671. The third kappa shape index (κ3) is 4.37. The summed E-state index contributed by atoms with van der Waals surface area (Å²) in [7, 11) is 1.30. The molecule has 0 aromatic heterocycles. The predicted octanol–water partition coefficient (Wildman–Crippen LogP) is 2.44. The smallest absolute Gasteiger partial charge is 0.338 e. The van der Waals surface area contributed by atoms with Crippen molar-refractivity contribution in [1.82, 2.24) is 10.6 Å². The highest BCUT2D eigenvalue weighted by molar-refractivity contribution is 5.95. The highest BCUT2D eigenvalue weighted by Gasteiger charge is 2.34. The lowest BCUT2D eigenvalue weighted by Crippen LogP contribution is -2.46. The molecule has 0 spiro atoms. The van der Waals surface area contributed by atoms with Gasteiger partial charge < -0.3 is 20.1 Å². The molecule has 0 aliphatic carbocycles. The highest BCUT2D eigenvalue weighted by Crippen LogP contribution is 2.29. The average molecular weight is 346 g/mol. The molecule has 1 aromatic carbocycles. The second kappa shape index (κ2) is 6.96. The summed E-state index contributed by atoms with van der Waals surface area (Å²) in [5, 5.41) is 5.31. The SMILES string of the molecule is COC(=O)c1ccc([C@H]2NC(=O)NC(C)=C2C(=O)OC(C)(C)C)cc1. The molecule has 1 aliphatic rings. The first-order chi connectivity index (χ1) is 11.6. The molecule has 2 N–H and O–H groups in total. The number of hydrogen-bond donors (Lipinski definition) is 2. The van der Waals surface area contributed by atoms with Gasteiger partial charge in [-0.25, -0.2) is 14.4 Å². The molecule has 7 nitrogen and oxygen atoms in total. The van der Waals surface area contributed by atoms with Crippen LogP contribution in [0.15, 0.2) is 35.5 Å². The number of nitrogens with one attached hydrogen (secondary N) is 2. The molecule has 1 aromatic rings. The molecular formula is C18H22N2O5. The van der Waals surface area contributed by atoms with Crippen LogP contribution >= 0.6 is 0 Å². The Kier molecular flexibility index (Phi) is 5.15. The van der Waals surface area contributed by atoms with Crippen LogP contribution in [-0.2, 0) is 14.3 Å². The first-order valence-electron chi connectivity index (χ1n) is 7.82. The van der Waals surface area contributed by atoms with Crippen LogP contribution in [0, 0.1) is 0 Å². The third-order valence-electron chi connectivity index (χ3n) is 3.55. The monoisotopic (exact) mass is 346 g/mol. The number of methoxy groups -OCH3 is 1. The van der Waals surface area contributed by atoms with E-state index in [0.717, 1.165) is 0 Å². The van der Waals surface area contributed by atoms with Crippen LogP contribution < -0.4 is 10.6 Å². The lowest BCUT2D eigenvalue weighted by molar-refractivity contribution is -0.150. The number of carbonyl (C=O) groups is 3. The van der Waals surface area contributed by atoms with Crippen LogP contribution in [0.5, 0.6) is 0 Å². The van der Waals surface area contributed by atoms with E-state index in [0.29, 0.717) is 22.4 Å². The van der Waals surface area contributed by atoms with Crippen LogP contribution in [0.2, 0.25) is 0 Å². The zero-order chi connectivity index (χ0) is 18.8. The van der Waals surface area contributed by atoms with Gasteiger partial charge in [-0.2, -0.15) is 0 Å². The van der Waals surface area contributed by atoms with Crippen LogP contribution in [0.4, 0.5) is 4.79 Å². The fourth-order valence-electron chi connectivity index (χ4n) is 2.48. The van der Waals surface area contributed by atoms with Crippen molar-refractivity contribution in [2.24, 2.45) is 0 Å². The third-order valence-corrected chi connectivity index (χ3v) is 3.55. The van der Waals surface area contributed by atoms with Gasteiger partial charge >= 0.3 is 18.0 Å². The molecule has 0 radical (unpaired) electrons. The number of ether oxygens (including phenoxy) is 2. The summed E-state index contributed by atoms with van der Waals surface area (Å²) < 4.78 is 10.1. The number of carbonyl (C=O) groups excluding carboxylic acids is 3. The van der Waals surface area contributed by atoms with Gasteiger partial charge in [-0.15, -0.1) is 0 Å². The Morgan fingerprint density at radius 3 is 2.20 bits per heavy atom. The number of esters is 2. The first-order valence-corrected chi connectivity index (χ1v) is 7.82. The van der Waals surface area contributed by atoms with E-state index in [2.05, 4.69) is 15.4 Å². The van der Waals surface area contributed by atoms with E-state index < -0.39 is 29.6 Å². The Morgan fingerprint density at radius 1 is 1.08 bits per heavy atom. The van der Waals surface area contributed by atoms with Gasteiger partial charge in [0.15, 0.2) is 0 Å². The number of hydrogen-bond acceptors (Lipinski definition) is 5. The van der Waals surface area contributed by atoms with Crippen LogP contribution in [0.3, 0.4) is 0 Å². The maximum Gasteiger partial charge on any atom is 0.338 e. The van der Waals surface area contributed by atoms with Crippen LogP contribution in [0.25, 0.3) is 0 Å². The van der Waals surface area contributed by atoms with Gasteiger partial charge in [-0.1, -0.05) is 12.1 Å². The predicted molar refractivity (Wildman–Crippen MR) is 90.7 cm³/mol. The van der Waals surface area contributed by atoms with Crippen LogP contribution in [-0.4, -0.2) is 30.7 Å². The number of benzene rings is 1. The van der Waals surface area contributed by atoms with Crippen molar-refractivity contribution in [3.05, 3.63) is 46.7 Å². The summed E-state index contributed by atoms with van der Waals surface area (Å²) in [5.74, 6) is -0.973. The number of rotatable bonds is 3. The summed E-state index contributed by atoms with van der Waals surface area (Å²) in [6, 6.07) is 5.41. The van der Waals surface area contributed by atoms with Gasteiger partial charge in [0.05, 0.1) is 24.3 Å². The Bertz CT molecular complexity index is 729. The van der Waals surface area contributed by atoms with Gasteiger partial charge in [0.1, 0.15) is 5.60 Å². The molecule has 1 atom stereocenters. The molecule has 25 heavy (non-hydrogen) atoms. The molecular weight excluding hydrogens is 324 g/mol. The first kappa shape index (κ1) is 18.5. The average Bonchev–Trinajstić information content (AvgIpc) is 2.51. The maximum atomic E-state index is 12.6. The van der Waals surface area contributed by atoms with E-state index in [1.54, 1.807) is 52.0 Å². The number of urea groups is 1. The van der Waals surface area contributed by atoms with Gasteiger partial charge in [-0.3, -0.25) is 0 Å². The van der Waals surface area contributed by atoms with Crippen LogP contribution in [0.1, 0.15) is 49.7 Å². The topological polar surface area (TPSA) is 93.7 Å². The lowest BCUT2D eigenvalue weighted by atomic mass is 9.94. The molecule has 7 heteroatoms. The van der Waals surface area contributed by atoms with Crippen molar-refractivity contribution in [1.29, 1.82) is 0 Å². The summed E-state index contributed by atoms with van der Waals surface area (Å²) >= 11 is 0.